The molecule has 3 heterocycles. The highest BCUT2D eigenvalue weighted by Crippen LogP contribution is 2.41. The third-order valence-corrected chi connectivity index (χ3v) is 7.80. The summed E-state index contributed by atoms with van der Waals surface area (Å²) in [5.41, 5.74) is 10.6. The maximum atomic E-state index is 4.85. The zero-order valence-corrected chi connectivity index (χ0v) is 21.3. The number of pyridine rings is 1. The molecule has 184 valence electrons. The minimum Gasteiger partial charge on any atom is -0.330 e. The molecule has 1 aliphatic carbocycles. The van der Waals surface area contributed by atoms with E-state index in [-0.39, 0.29) is 6.04 Å². The smallest absolute Gasteiger partial charge is 0.0933 e. The molecule has 2 aromatic heterocycles. The number of anilines is 2. The van der Waals surface area contributed by atoms with Gasteiger partial charge in [0, 0.05) is 34.1 Å². The van der Waals surface area contributed by atoms with E-state index in [4.69, 9.17) is 5.10 Å². The number of allylic oxidation sites excluding steroid dienone is 4. The van der Waals surface area contributed by atoms with Crippen LogP contribution in [0.25, 0.3) is 44.2 Å². The van der Waals surface area contributed by atoms with Gasteiger partial charge in [-0.3, -0.25) is 0 Å². The summed E-state index contributed by atoms with van der Waals surface area (Å²) in [5.74, 6) is 0. The normalized spacial score (nSPS) is 15.8. The summed E-state index contributed by atoms with van der Waals surface area (Å²) in [6, 6.07) is 39.2. The fraction of sp³-hybridized carbons (Fsp3) is 0.0278. The Kier molecular flexibility index (Phi) is 4.89. The Bertz CT molecular complexity index is 1900. The van der Waals surface area contributed by atoms with Gasteiger partial charge in [-0.1, -0.05) is 103 Å². The summed E-state index contributed by atoms with van der Waals surface area (Å²) >= 11 is 0. The summed E-state index contributed by atoms with van der Waals surface area (Å²) in [7, 11) is 0. The average Bonchev–Trinajstić information content (AvgIpc) is 3.29. The van der Waals surface area contributed by atoms with Crippen molar-refractivity contribution in [3.63, 3.8) is 0 Å². The summed E-state index contributed by atoms with van der Waals surface area (Å²) in [4.78, 5) is 2.42. The molecule has 8 rings (SSSR count). The number of hydrogen-bond acceptors (Lipinski definition) is 2. The van der Waals surface area contributed by atoms with Gasteiger partial charge in [-0.15, -0.1) is 0 Å². The molecule has 0 amide bonds. The Hall–Kier alpha value is -5.15. The molecule has 2 bridgehead atoms. The molecule has 1 unspecified atom stereocenters. The van der Waals surface area contributed by atoms with Gasteiger partial charge in [0.15, 0.2) is 0 Å². The maximum Gasteiger partial charge on any atom is 0.0933 e. The van der Waals surface area contributed by atoms with Crippen LogP contribution in [-0.4, -0.2) is 15.7 Å². The van der Waals surface area contributed by atoms with Gasteiger partial charge in [-0.25, -0.2) is 4.52 Å². The van der Waals surface area contributed by atoms with E-state index in [1.54, 1.807) is 0 Å². The first-order chi connectivity index (χ1) is 19.3. The van der Waals surface area contributed by atoms with Crippen LogP contribution in [0.3, 0.4) is 0 Å². The molecule has 1 atom stereocenters. The molecule has 3 heteroatoms. The molecule has 0 spiro atoms. The van der Waals surface area contributed by atoms with Crippen LogP contribution < -0.4 is 4.90 Å². The van der Waals surface area contributed by atoms with Crippen LogP contribution in [0.15, 0.2) is 146 Å². The number of nitrogens with zero attached hydrogens (tertiary/aromatic N) is 3. The van der Waals surface area contributed by atoms with Crippen LogP contribution in [0.5, 0.6) is 0 Å². The van der Waals surface area contributed by atoms with Gasteiger partial charge >= 0.3 is 0 Å². The SMILES string of the molecule is C1=CC2=CC(C=C1)N(c1ccc(-c3ccc(-c4cc5cc6ccccc6cn5n4)cc3)cc1)c1ccccc12. The minimum absolute atomic E-state index is 0.193. The lowest BCUT2D eigenvalue weighted by Crippen LogP contribution is -2.31. The van der Waals surface area contributed by atoms with Gasteiger partial charge in [0.2, 0.25) is 0 Å². The molecule has 0 saturated heterocycles. The van der Waals surface area contributed by atoms with Gasteiger partial charge in [0.05, 0.1) is 17.3 Å². The van der Waals surface area contributed by atoms with Crippen LogP contribution in [0.2, 0.25) is 0 Å². The van der Waals surface area contributed by atoms with E-state index in [0.29, 0.717) is 0 Å². The monoisotopic (exact) mass is 499 g/mol. The van der Waals surface area contributed by atoms with Crippen LogP contribution in [0.1, 0.15) is 5.56 Å². The average molecular weight is 500 g/mol. The van der Waals surface area contributed by atoms with E-state index in [0.717, 1.165) is 16.8 Å². The molecule has 6 aromatic rings. The van der Waals surface area contributed by atoms with Crippen LogP contribution in [0.4, 0.5) is 11.4 Å². The fourth-order valence-corrected chi connectivity index (χ4v) is 5.83. The third-order valence-electron chi connectivity index (χ3n) is 7.80. The van der Waals surface area contributed by atoms with Gasteiger partial charge in [0.1, 0.15) is 0 Å². The number of hydrogen-bond donors (Lipinski definition) is 0. The van der Waals surface area contributed by atoms with Gasteiger partial charge in [-0.05, 0) is 58.5 Å². The second kappa shape index (κ2) is 8.71. The molecule has 0 N–H and O–H groups in total. The van der Waals surface area contributed by atoms with Gasteiger partial charge in [-0.2, -0.15) is 5.10 Å². The quantitative estimate of drug-likeness (QED) is 0.242. The number of rotatable bonds is 3. The molecule has 0 radical (unpaired) electrons. The maximum absolute atomic E-state index is 4.85. The third kappa shape index (κ3) is 3.71. The van der Waals surface area contributed by atoms with Crippen LogP contribution in [-0.2, 0) is 0 Å². The Morgan fingerprint density at radius 3 is 2.21 bits per heavy atom. The van der Waals surface area contributed by atoms with Crippen molar-refractivity contribution in [2.45, 2.75) is 6.04 Å². The predicted molar refractivity (Wildman–Crippen MR) is 162 cm³/mol. The van der Waals surface area contributed by atoms with Crippen LogP contribution >= 0.6 is 0 Å². The second-order valence-corrected chi connectivity index (χ2v) is 10.2. The Morgan fingerprint density at radius 1 is 0.641 bits per heavy atom. The van der Waals surface area contributed by atoms with Crippen molar-refractivity contribution < 1.29 is 0 Å². The minimum atomic E-state index is 0.193. The van der Waals surface area contributed by atoms with E-state index in [2.05, 4.69) is 151 Å². The second-order valence-electron chi connectivity index (χ2n) is 10.2. The van der Waals surface area contributed by atoms with E-state index in [1.807, 2.05) is 4.52 Å². The number of benzene rings is 4. The molecule has 4 aromatic carbocycles. The first-order valence-corrected chi connectivity index (χ1v) is 13.3. The highest BCUT2D eigenvalue weighted by Gasteiger charge is 2.26. The highest BCUT2D eigenvalue weighted by atomic mass is 15.2. The van der Waals surface area contributed by atoms with Crippen molar-refractivity contribution in [3.8, 4) is 22.4 Å². The number of aromatic nitrogens is 2. The molecule has 1 aliphatic heterocycles. The molecule has 0 fully saturated rings. The molecular weight excluding hydrogens is 474 g/mol. The summed E-state index contributed by atoms with van der Waals surface area (Å²) in [6.07, 6.45) is 13.2. The van der Waals surface area contributed by atoms with Crippen molar-refractivity contribution in [2.75, 3.05) is 4.90 Å². The standard InChI is InChI=1S/C36H25N3/c1-2-9-30-24-38-33(21-28(30)7-1)23-35(37-38)27-15-13-25(14-16-27)26-17-19-31(20-18-26)39-32-10-4-3-8-29(22-32)34-11-5-6-12-36(34)39/h1-24,32H. The van der Waals surface area contributed by atoms with Gasteiger partial charge < -0.3 is 4.90 Å². The summed E-state index contributed by atoms with van der Waals surface area (Å²) < 4.78 is 1.97. The zero-order chi connectivity index (χ0) is 25.8. The largest absolute Gasteiger partial charge is 0.330 e. The Morgan fingerprint density at radius 2 is 1.36 bits per heavy atom. The number of para-hydroxylation sites is 1. The van der Waals surface area contributed by atoms with Crippen molar-refractivity contribution >= 4 is 33.2 Å². The summed E-state index contributed by atoms with van der Waals surface area (Å²) in [5, 5.41) is 7.26. The highest BCUT2D eigenvalue weighted by molar-refractivity contribution is 5.90. The molecular formula is C36H25N3. The fourth-order valence-electron chi connectivity index (χ4n) is 5.83. The zero-order valence-electron chi connectivity index (χ0n) is 21.3. The lowest BCUT2D eigenvalue weighted by molar-refractivity contribution is 0.932. The van der Waals surface area contributed by atoms with Crippen molar-refractivity contribution in [1.82, 2.24) is 9.61 Å². The van der Waals surface area contributed by atoms with E-state index < -0.39 is 0 Å². The molecule has 39 heavy (non-hydrogen) atoms. The summed E-state index contributed by atoms with van der Waals surface area (Å²) in [6.45, 7) is 0. The predicted octanol–water partition coefficient (Wildman–Crippen LogP) is 8.85. The van der Waals surface area contributed by atoms with Crippen molar-refractivity contribution in [2.24, 2.45) is 0 Å². The number of fused-ring (bicyclic) bond motifs is 5. The Balaban J connectivity index is 1.09. The lowest BCUT2D eigenvalue weighted by Gasteiger charge is -2.35. The first-order valence-electron chi connectivity index (χ1n) is 13.3. The van der Waals surface area contributed by atoms with Crippen molar-refractivity contribution in [1.29, 1.82) is 0 Å². The van der Waals surface area contributed by atoms with Crippen molar-refractivity contribution in [3.05, 3.63) is 151 Å². The van der Waals surface area contributed by atoms with Gasteiger partial charge in [0.25, 0.3) is 0 Å². The molecule has 2 aliphatic rings. The van der Waals surface area contributed by atoms with E-state index in [9.17, 15) is 0 Å². The topological polar surface area (TPSA) is 20.5 Å². The van der Waals surface area contributed by atoms with E-state index >= 15 is 0 Å². The Labute approximate surface area is 227 Å². The lowest BCUT2D eigenvalue weighted by atomic mass is 9.94. The van der Waals surface area contributed by atoms with Crippen LogP contribution in [0, 0.1) is 0 Å². The first kappa shape index (κ1) is 21.9. The molecule has 0 saturated carbocycles. The van der Waals surface area contributed by atoms with E-state index in [1.165, 1.54) is 44.4 Å². The molecule has 3 nitrogen and oxygen atoms in total.